The van der Waals surface area contributed by atoms with E-state index in [0.29, 0.717) is 5.82 Å². The monoisotopic (exact) mass is 244 g/mol. The number of hydrogen-bond donors (Lipinski definition) is 1. The van der Waals surface area contributed by atoms with E-state index in [0.717, 1.165) is 15.1 Å². The summed E-state index contributed by atoms with van der Waals surface area (Å²) in [5.74, 6) is 1.42. The maximum absolute atomic E-state index is 5.53. The Morgan fingerprint density at radius 3 is 3.17 bits per heavy atom. The van der Waals surface area contributed by atoms with E-state index in [-0.39, 0.29) is 0 Å². The molecule has 1 aromatic heterocycles. The number of halogens is 1. The lowest BCUT2D eigenvalue weighted by molar-refractivity contribution is 1.24. The minimum absolute atomic E-state index is 0.546. The molecule has 0 radical (unpaired) electrons. The van der Waals surface area contributed by atoms with E-state index in [2.05, 4.69) is 27.5 Å². The third-order valence-electron chi connectivity index (χ3n) is 1.20. The van der Waals surface area contributed by atoms with E-state index in [4.69, 9.17) is 5.73 Å². The molecule has 0 aliphatic heterocycles. The highest BCUT2D eigenvalue weighted by Crippen LogP contribution is 2.27. The number of aromatic nitrogens is 1. The molecule has 0 saturated heterocycles. The normalized spacial score (nSPS) is 9.75. The molecule has 4 heteroatoms. The molecule has 0 spiro atoms. The van der Waals surface area contributed by atoms with Crippen LogP contribution in [-0.2, 0) is 0 Å². The van der Waals surface area contributed by atoms with Gasteiger partial charge in [-0.05, 0) is 22.0 Å². The number of rotatable bonds is 3. The summed E-state index contributed by atoms with van der Waals surface area (Å²) in [5, 5.41) is 0. The second-order valence-electron chi connectivity index (χ2n) is 2.14. The average Bonchev–Trinajstić information content (AvgIpc) is 2.07. The van der Waals surface area contributed by atoms with Crippen molar-refractivity contribution >= 4 is 33.5 Å². The minimum Gasteiger partial charge on any atom is -0.384 e. The summed E-state index contributed by atoms with van der Waals surface area (Å²) < 4.78 is 0.976. The smallest absolute Gasteiger partial charge is 0.124 e. The number of nitrogens with two attached hydrogens (primary N) is 1. The van der Waals surface area contributed by atoms with Crippen LogP contribution in [0.3, 0.4) is 0 Å². The Hall–Kier alpha value is -0.480. The van der Waals surface area contributed by atoms with Crippen LogP contribution < -0.4 is 5.73 Å². The summed E-state index contributed by atoms with van der Waals surface area (Å²) in [6.07, 6.45) is 3.56. The zero-order valence-corrected chi connectivity index (χ0v) is 8.86. The summed E-state index contributed by atoms with van der Waals surface area (Å²) in [5.41, 5.74) is 5.53. The SMILES string of the molecule is C=CCSc1cc(N)ncc1Br. The third kappa shape index (κ3) is 2.53. The first-order chi connectivity index (χ1) is 5.74. The fourth-order valence-corrected chi connectivity index (χ4v) is 1.95. The zero-order valence-electron chi connectivity index (χ0n) is 6.46. The summed E-state index contributed by atoms with van der Waals surface area (Å²) in [6, 6.07) is 1.85. The van der Waals surface area contributed by atoms with Gasteiger partial charge in [-0.1, -0.05) is 6.08 Å². The Labute approximate surface area is 84.4 Å². The van der Waals surface area contributed by atoms with Crippen molar-refractivity contribution < 1.29 is 0 Å². The first kappa shape index (κ1) is 9.61. The minimum atomic E-state index is 0.546. The molecule has 2 N–H and O–H groups in total. The highest BCUT2D eigenvalue weighted by atomic mass is 79.9. The van der Waals surface area contributed by atoms with Crippen molar-refractivity contribution in [2.24, 2.45) is 0 Å². The van der Waals surface area contributed by atoms with E-state index in [9.17, 15) is 0 Å². The number of anilines is 1. The predicted molar refractivity (Wildman–Crippen MR) is 57.3 cm³/mol. The molecule has 0 aliphatic rings. The van der Waals surface area contributed by atoms with Crippen molar-refractivity contribution in [3.05, 3.63) is 29.4 Å². The van der Waals surface area contributed by atoms with Crippen LogP contribution in [0.1, 0.15) is 0 Å². The molecular formula is C8H9BrN2S. The molecule has 0 bridgehead atoms. The fourth-order valence-electron chi connectivity index (χ4n) is 0.695. The van der Waals surface area contributed by atoms with Gasteiger partial charge in [0.15, 0.2) is 0 Å². The summed E-state index contributed by atoms with van der Waals surface area (Å²) in [6.45, 7) is 3.64. The largest absolute Gasteiger partial charge is 0.384 e. The van der Waals surface area contributed by atoms with Gasteiger partial charge >= 0.3 is 0 Å². The highest BCUT2D eigenvalue weighted by molar-refractivity contribution is 9.10. The molecule has 1 aromatic rings. The third-order valence-corrected chi connectivity index (χ3v) is 3.14. The van der Waals surface area contributed by atoms with Crippen LogP contribution in [0.2, 0.25) is 0 Å². The Morgan fingerprint density at radius 1 is 1.75 bits per heavy atom. The molecule has 1 heterocycles. The standard InChI is InChI=1S/C8H9BrN2S/c1-2-3-12-7-4-8(10)11-5-6(7)9/h2,4-5H,1,3H2,(H2,10,11). The first-order valence-corrected chi connectivity index (χ1v) is 5.16. The molecule has 0 saturated carbocycles. The molecule has 0 aromatic carbocycles. The van der Waals surface area contributed by atoms with Gasteiger partial charge < -0.3 is 5.73 Å². The van der Waals surface area contributed by atoms with Gasteiger partial charge in [0.2, 0.25) is 0 Å². The molecule has 0 unspecified atom stereocenters. The Kier molecular flexibility index (Phi) is 3.62. The van der Waals surface area contributed by atoms with E-state index in [1.807, 2.05) is 12.1 Å². The lowest BCUT2D eigenvalue weighted by Crippen LogP contribution is -1.90. The topological polar surface area (TPSA) is 38.9 Å². The van der Waals surface area contributed by atoms with Gasteiger partial charge in [-0.2, -0.15) is 0 Å². The van der Waals surface area contributed by atoms with Crippen molar-refractivity contribution in [1.82, 2.24) is 4.98 Å². The van der Waals surface area contributed by atoms with Crippen LogP contribution in [0.25, 0.3) is 0 Å². The van der Waals surface area contributed by atoms with Crippen LogP contribution in [0.15, 0.2) is 34.3 Å². The number of nitrogen functional groups attached to an aromatic ring is 1. The van der Waals surface area contributed by atoms with Crippen molar-refractivity contribution in [2.75, 3.05) is 11.5 Å². The Morgan fingerprint density at radius 2 is 2.50 bits per heavy atom. The van der Waals surface area contributed by atoms with Gasteiger partial charge in [0.1, 0.15) is 5.82 Å². The molecule has 0 aliphatic carbocycles. The van der Waals surface area contributed by atoms with Crippen LogP contribution in [0, 0.1) is 0 Å². The number of nitrogens with zero attached hydrogens (tertiary/aromatic N) is 1. The van der Waals surface area contributed by atoms with Crippen molar-refractivity contribution in [3.63, 3.8) is 0 Å². The molecule has 0 atom stereocenters. The molecule has 12 heavy (non-hydrogen) atoms. The lowest BCUT2D eigenvalue weighted by atomic mass is 10.5. The number of pyridine rings is 1. The Balaban J connectivity index is 2.82. The van der Waals surface area contributed by atoms with Crippen LogP contribution in [0.5, 0.6) is 0 Å². The van der Waals surface area contributed by atoms with Crippen LogP contribution >= 0.6 is 27.7 Å². The van der Waals surface area contributed by atoms with Gasteiger partial charge in [0.25, 0.3) is 0 Å². The molecule has 0 amide bonds. The summed E-state index contributed by atoms with van der Waals surface area (Å²) >= 11 is 5.06. The maximum atomic E-state index is 5.53. The summed E-state index contributed by atoms with van der Waals surface area (Å²) in [7, 11) is 0. The molecule has 1 rings (SSSR count). The first-order valence-electron chi connectivity index (χ1n) is 3.38. The van der Waals surface area contributed by atoms with Gasteiger partial charge in [-0.3, -0.25) is 0 Å². The van der Waals surface area contributed by atoms with Crippen LogP contribution in [0.4, 0.5) is 5.82 Å². The molecule has 2 nitrogen and oxygen atoms in total. The van der Waals surface area contributed by atoms with E-state index < -0.39 is 0 Å². The Bertz CT molecular complexity index is 288. The lowest BCUT2D eigenvalue weighted by Gasteiger charge is -2.01. The zero-order chi connectivity index (χ0) is 8.97. The van der Waals surface area contributed by atoms with Gasteiger partial charge in [0.05, 0.1) is 0 Å². The van der Waals surface area contributed by atoms with Gasteiger partial charge in [-0.25, -0.2) is 4.98 Å². The number of hydrogen-bond acceptors (Lipinski definition) is 3. The summed E-state index contributed by atoms with van der Waals surface area (Å²) in [4.78, 5) is 5.04. The molecule has 0 fully saturated rings. The average molecular weight is 245 g/mol. The molecule has 64 valence electrons. The fraction of sp³-hybridized carbons (Fsp3) is 0.125. The second kappa shape index (κ2) is 4.52. The van der Waals surface area contributed by atoms with Gasteiger partial charge in [0, 0.05) is 21.3 Å². The van der Waals surface area contributed by atoms with Crippen LogP contribution in [-0.4, -0.2) is 10.7 Å². The van der Waals surface area contributed by atoms with Gasteiger partial charge in [-0.15, -0.1) is 18.3 Å². The second-order valence-corrected chi connectivity index (χ2v) is 4.06. The van der Waals surface area contributed by atoms with Crippen molar-refractivity contribution in [3.8, 4) is 0 Å². The highest BCUT2D eigenvalue weighted by Gasteiger charge is 2.00. The maximum Gasteiger partial charge on any atom is 0.124 e. The van der Waals surface area contributed by atoms with E-state index in [1.54, 1.807) is 18.0 Å². The molecular weight excluding hydrogens is 236 g/mol. The van der Waals surface area contributed by atoms with Crippen molar-refractivity contribution in [1.29, 1.82) is 0 Å². The predicted octanol–water partition coefficient (Wildman–Crippen LogP) is 2.70. The van der Waals surface area contributed by atoms with E-state index >= 15 is 0 Å². The van der Waals surface area contributed by atoms with Crippen molar-refractivity contribution in [2.45, 2.75) is 4.90 Å². The number of thioether (sulfide) groups is 1. The quantitative estimate of drug-likeness (QED) is 0.657. The van der Waals surface area contributed by atoms with E-state index in [1.165, 1.54) is 0 Å².